The molecule has 1 fully saturated rings. The first kappa shape index (κ1) is 23.7. The molecule has 1 aromatic heterocycles. The average molecular weight is 440 g/mol. The maximum absolute atomic E-state index is 13.0. The quantitative estimate of drug-likeness (QED) is 0.613. The van der Waals surface area contributed by atoms with Crippen LogP contribution in [-0.4, -0.2) is 77.4 Å². The molecule has 2 heterocycles. The zero-order valence-corrected chi connectivity index (χ0v) is 19.4. The summed E-state index contributed by atoms with van der Waals surface area (Å²) < 4.78 is 1.67. The van der Waals surface area contributed by atoms with Crippen LogP contribution >= 0.6 is 0 Å². The summed E-state index contributed by atoms with van der Waals surface area (Å²) in [6.07, 6.45) is 0. The Labute approximate surface area is 189 Å². The fourth-order valence-corrected chi connectivity index (χ4v) is 3.94. The third-order valence-corrected chi connectivity index (χ3v) is 5.63. The highest BCUT2D eigenvalue weighted by Crippen LogP contribution is 2.16. The van der Waals surface area contributed by atoms with E-state index in [9.17, 15) is 14.4 Å². The third kappa shape index (κ3) is 6.05. The predicted molar refractivity (Wildman–Crippen MR) is 125 cm³/mol. The summed E-state index contributed by atoms with van der Waals surface area (Å²) in [5.74, 6) is -0.150. The van der Waals surface area contributed by atoms with Gasteiger partial charge in [0.15, 0.2) is 5.78 Å². The van der Waals surface area contributed by atoms with E-state index in [1.54, 1.807) is 16.8 Å². The van der Waals surface area contributed by atoms with Crippen molar-refractivity contribution in [3.05, 3.63) is 58.9 Å². The summed E-state index contributed by atoms with van der Waals surface area (Å²) in [7, 11) is 0. The molecule has 2 aromatic rings. The summed E-state index contributed by atoms with van der Waals surface area (Å²) in [4.78, 5) is 41.7. The highest BCUT2D eigenvalue weighted by atomic mass is 16.2. The average Bonchev–Trinajstić information content (AvgIpc) is 3.03. The van der Waals surface area contributed by atoms with E-state index in [2.05, 4.69) is 20.5 Å². The van der Waals surface area contributed by atoms with Gasteiger partial charge >= 0.3 is 0 Å². The van der Waals surface area contributed by atoms with Gasteiger partial charge in [-0.1, -0.05) is 18.2 Å². The molecule has 8 nitrogen and oxygen atoms in total. The van der Waals surface area contributed by atoms with Crippen molar-refractivity contribution in [2.24, 2.45) is 0 Å². The second-order valence-corrected chi connectivity index (χ2v) is 8.62. The van der Waals surface area contributed by atoms with Gasteiger partial charge in [-0.05, 0) is 45.9 Å². The van der Waals surface area contributed by atoms with Crippen molar-refractivity contribution in [3.8, 4) is 0 Å². The second-order valence-electron chi connectivity index (χ2n) is 8.62. The molecule has 0 radical (unpaired) electrons. The molecule has 0 saturated carbocycles. The summed E-state index contributed by atoms with van der Waals surface area (Å²) in [6, 6.07) is 11.0. The number of Topliss-reactive ketones (excluding diaryl/α,β-unsaturated/α-hetero) is 1. The van der Waals surface area contributed by atoms with Crippen LogP contribution in [0.2, 0.25) is 0 Å². The van der Waals surface area contributed by atoms with Crippen LogP contribution in [0.3, 0.4) is 0 Å². The molecule has 8 heteroatoms. The summed E-state index contributed by atoms with van der Waals surface area (Å²) in [5.41, 5.74) is 5.59. The van der Waals surface area contributed by atoms with Crippen LogP contribution in [0.4, 0.5) is 0 Å². The first-order valence-corrected chi connectivity index (χ1v) is 11.1. The Bertz CT molecular complexity index is 960. The van der Waals surface area contributed by atoms with Gasteiger partial charge in [-0.2, -0.15) is 0 Å². The Morgan fingerprint density at radius 1 is 0.938 bits per heavy atom. The lowest BCUT2D eigenvalue weighted by molar-refractivity contribution is -0.123. The number of carbonyl (C=O) groups excluding carboxylic acids is 3. The molecule has 0 atom stereocenters. The second kappa shape index (κ2) is 10.6. The number of rotatable bonds is 8. The monoisotopic (exact) mass is 439 g/mol. The molecular weight excluding hydrogens is 406 g/mol. The lowest BCUT2D eigenvalue weighted by Crippen LogP contribution is -2.51. The number of hydrogen-bond acceptors (Lipinski definition) is 5. The standard InChI is InChI=1S/C24H33N5O3/c1-17(2)25-23(31)16-28-12-10-27(11-13-28)15-22(30)21-14-18(3)29(19(21)4)26-24(32)20-8-6-5-7-9-20/h5-9,14,17H,10-13,15-16H2,1-4H3,(H,25,31)(H,26,32). The number of benzene rings is 1. The molecule has 0 aliphatic carbocycles. The molecule has 1 aliphatic rings. The van der Waals surface area contributed by atoms with Crippen molar-refractivity contribution in [1.82, 2.24) is 19.8 Å². The van der Waals surface area contributed by atoms with E-state index in [1.165, 1.54) is 0 Å². The molecule has 1 aromatic carbocycles. The van der Waals surface area contributed by atoms with Crippen LogP contribution in [0.1, 0.15) is 46.0 Å². The van der Waals surface area contributed by atoms with E-state index in [0.717, 1.165) is 37.6 Å². The van der Waals surface area contributed by atoms with Gasteiger partial charge in [-0.25, -0.2) is 0 Å². The Morgan fingerprint density at radius 3 is 2.12 bits per heavy atom. The van der Waals surface area contributed by atoms with E-state index < -0.39 is 0 Å². The van der Waals surface area contributed by atoms with Gasteiger partial charge in [0.1, 0.15) is 0 Å². The SMILES string of the molecule is Cc1cc(C(=O)CN2CCN(CC(=O)NC(C)C)CC2)c(C)n1NC(=O)c1ccccc1. The Kier molecular flexibility index (Phi) is 7.82. The molecule has 3 rings (SSSR count). The van der Waals surface area contributed by atoms with E-state index in [-0.39, 0.29) is 23.6 Å². The maximum atomic E-state index is 13.0. The fraction of sp³-hybridized carbons (Fsp3) is 0.458. The molecule has 1 aliphatic heterocycles. The smallest absolute Gasteiger partial charge is 0.270 e. The lowest BCUT2D eigenvalue weighted by atomic mass is 10.1. The highest BCUT2D eigenvalue weighted by Gasteiger charge is 2.23. The molecule has 2 N–H and O–H groups in total. The third-order valence-electron chi connectivity index (χ3n) is 5.63. The Morgan fingerprint density at radius 2 is 1.53 bits per heavy atom. The van der Waals surface area contributed by atoms with Crippen LogP contribution in [-0.2, 0) is 4.79 Å². The molecule has 0 spiro atoms. The van der Waals surface area contributed by atoms with Gasteiger partial charge in [0.2, 0.25) is 5.91 Å². The summed E-state index contributed by atoms with van der Waals surface area (Å²) >= 11 is 0. The van der Waals surface area contributed by atoms with E-state index in [4.69, 9.17) is 0 Å². The maximum Gasteiger partial charge on any atom is 0.270 e. The summed E-state index contributed by atoms with van der Waals surface area (Å²) in [6.45, 7) is 11.3. The van der Waals surface area contributed by atoms with E-state index in [0.29, 0.717) is 24.2 Å². The van der Waals surface area contributed by atoms with Crippen molar-refractivity contribution in [1.29, 1.82) is 0 Å². The van der Waals surface area contributed by atoms with Gasteiger partial charge in [0, 0.05) is 54.7 Å². The normalized spacial score (nSPS) is 15.0. The molecule has 0 bridgehead atoms. The number of ketones is 1. The highest BCUT2D eigenvalue weighted by molar-refractivity contribution is 6.01. The number of nitrogens with zero attached hydrogens (tertiary/aromatic N) is 3. The van der Waals surface area contributed by atoms with Crippen molar-refractivity contribution in [3.63, 3.8) is 0 Å². The van der Waals surface area contributed by atoms with Crippen LogP contribution in [0.15, 0.2) is 36.4 Å². The first-order valence-electron chi connectivity index (χ1n) is 11.1. The zero-order valence-electron chi connectivity index (χ0n) is 19.4. The number of aryl methyl sites for hydroxylation is 1. The largest absolute Gasteiger partial charge is 0.353 e. The minimum Gasteiger partial charge on any atom is -0.353 e. The first-order chi connectivity index (χ1) is 15.2. The Hall–Kier alpha value is -2.97. The minimum atomic E-state index is -0.218. The number of piperazine rings is 1. The van der Waals surface area contributed by atoms with Crippen LogP contribution in [0.25, 0.3) is 0 Å². The van der Waals surface area contributed by atoms with Crippen LogP contribution < -0.4 is 10.7 Å². The summed E-state index contributed by atoms with van der Waals surface area (Å²) in [5, 5.41) is 2.91. The van der Waals surface area contributed by atoms with E-state index >= 15 is 0 Å². The van der Waals surface area contributed by atoms with Gasteiger partial charge in [-0.15, -0.1) is 0 Å². The molecule has 2 amide bonds. The molecule has 172 valence electrons. The van der Waals surface area contributed by atoms with Gasteiger partial charge in [0.05, 0.1) is 13.1 Å². The van der Waals surface area contributed by atoms with Crippen molar-refractivity contribution in [2.75, 3.05) is 44.7 Å². The molecule has 32 heavy (non-hydrogen) atoms. The van der Waals surface area contributed by atoms with Crippen molar-refractivity contribution < 1.29 is 14.4 Å². The minimum absolute atomic E-state index is 0.0318. The Balaban J connectivity index is 1.55. The van der Waals surface area contributed by atoms with Crippen molar-refractivity contribution >= 4 is 17.6 Å². The van der Waals surface area contributed by atoms with Gasteiger partial charge < -0.3 is 5.32 Å². The zero-order chi connectivity index (χ0) is 23.3. The number of nitrogens with one attached hydrogen (secondary N) is 2. The fourth-order valence-electron chi connectivity index (χ4n) is 3.94. The van der Waals surface area contributed by atoms with Crippen LogP contribution in [0.5, 0.6) is 0 Å². The van der Waals surface area contributed by atoms with E-state index in [1.807, 2.05) is 52.0 Å². The predicted octanol–water partition coefficient (Wildman–Crippen LogP) is 1.81. The topological polar surface area (TPSA) is 86.7 Å². The molecule has 0 unspecified atom stereocenters. The van der Waals surface area contributed by atoms with Gasteiger partial charge in [0.25, 0.3) is 5.91 Å². The number of hydrogen-bond donors (Lipinski definition) is 2. The number of amides is 2. The van der Waals surface area contributed by atoms with Gasteiger partial charge in [-0.3, -0.25) is 34.3 Å². The number of carbonyl (C=O) groups is 3. The number of aromatic nitrogens is 1. The van der Waals surface area contributed by atoms with Crippen molar-refractivity contribution in [2.45, 2.75) is 33.7 Å². The molecular formula is C24H33N5O3. The van der Waals surface area contributed by atoms with Crippen LogP contribution in [0, 0.1) is 13.8 Å². The molecule has 1 saturated heterocycles. The lowest BCUT2D eigenvalue weighted by Gasteiger charge is -2.34.